The highest BCUT2D eigenvalue weighted by atomic mass is 16.4. The minimum absolute atomic E-state index is 0.155. The van der Waals surface area contributed by atoms with Crippen LogP contribution in [0.2, 0.25) is 0 Å². The second-order valence-electron chi connectivity index (χ2n) is 2.05. The van der Waals surface area contributed by atoms with Crippen molar-refractivity contribution in [3.8, 4) is 0 Å². The molecule has 0 aromatic carbocycles. The van der Waals surface area contributed by atoms with Gasteiger partial charge in [0.1, 0.15) is 6.34 Å². The molecule has 4 heteroatoms. The van der Waals surface area contributed by atoms with Crippen LogP contribution in [-0.2, 0) is 4.79 Å². The highest BCUT2D eigenvalue weighted by molar-refractivity contribution is 5.97. The molecule has 0 amide bonds. The fourth-order valence-corrected chi connectivity index (χ4v) is 0.704. The second-order valence-corrected chi connectivity index (χ2v) is 2.05. The van der Waals surface area contributed by atoms with E-state index in [1.165, 1.54) is 6.34 Å². The number of carboxylic acid groups (broad SMARTS) is 1. The average molecular weight is 140 g/mol. The molecule has 54 valence electrons. The molecule has 0 saturated heterocycles. The first-order valence-electron chi connectivity index (χ1n) is 3.04. The van der Waals surface area contributed by atoms with Crippen LogP contribution in [0.5, 0.6) is 0 Å². The summed E-state index contributed by atoms with van der Waals surface area (Å²) in [7, 11) is 0. The predicted molar refractivity (Wildman–Crippen MR) is 37.7 cm³/mol. The molecule has 0 fully saturated rings. The largest absolute Gasteiger partial charge is 0.481 e. The summed E-state index contributed by atoms with van der Waals surface area (Å²) in [6.07, 6.45) is 2.15. The van der Waals surface area contributed by atoms with Crippen LogP contribution >= 0.6 is 0 Å². The Labute approximate surface area is 58.3 Å². The van der Waals surface area contributed by atoms with Gasteiger partial charge in [0.05, 0.1) is 13.0 Å². The molecular weight excluding hydrogens is 132 g/mol. The average Bonchev–Trinajstić information content (AvgIpc) is 2.34. The van der Waals surface area contributed by atoms with Crippen LogP contribution in [0, 0.1) is 0 Å². The van der Waals surface area contributed by atoms with Crippen LogP contribution < -0.4 is 0 Å². The second kappa shape index (κ2) is 3.10. The van der Waals surface area contributed by atoms with E-state index in [0.717, 1.165) is 5.71 Å². The summed E-state index contributed by atoms with van der Waals surface area (Å²) in [6, 6.07) is 0. The Hall–Kier alpha value is -1.19. The van der Waals surface area contributed by atoms with E-state index >= 15 is 0 Å². The van der Waals surface area contributed by atoms with E-state index in [0.29, 0.717) is 13.0 Å². The third kappa shape index (κ3) is 1.97. The Morgan fingerprint density at radius 3 is 3.10 bits per heavy atom. The molecule has 1 aliphatic rings. The molecule has 0 spiro atoms. The molecule has 0 aromatic rings. The molecule has 0 atom stereocenters. The summed E-state index contributed by atoms with van der Waals surface area (Å²) >= 11 is 0. The standard InChI is InChI=1S/C6H8N2O2/c9-6(10)2-1-5-3-7-4-8-5/h4H,1-3H2,(H,9,10). The van der Waals surface area contributed by atoms with E-state index in [1.807, 2.05) is 0 Å². The Kier molecular flexibility index (Phi) is 2.15. The zero-order chi connectivity index (χ0) is 7.40. The number of hydrogen-bond donors (Lipinski definition) is 1. The van der Waals surface area contributed by atoms with Gasteiger partial charge in [-0.25, -0.2) is 4.99 Å². The Balaban J connectivity index is 2.21. The van der Waals surface area contributed by atoms with Crippen molar-refractivity contribution in [1.82, 2.24) is 0 Å². The topological polar surface area (TPSA) is 62.0 Å². The minimum atomic E-state index is -0.783. The zero-order valence-corrected chi connectivity index (χ0v) is 5.45. The summed E-state index contributed by atoms with van der Waals surface area (Å²) < 4.78 is 0. The summed E-state index contributed by atoms with van der Waals surface area (Å²) in [5.74, 6) is -0.783. The Bertz CT molecular complexity index is 196. The fraction of sp³-hybridized carbons (Fsp3) is 0.500. The molecule has 0 unspecified atom stereocenters. The molecule has 1 heterocycles. The number of rotatable bonds is 3. The lowest BCUT2D eigenvalue weighted by Gasteiger charge is -1.92. The van der Waals surface area contributed by atoms with Crippen LogP contribution in [0.25, 0.3) is 0 Å². The highest BCUT2D eigenvalue weighted by Gasteiger charge is 2.04. The molecule has 0 saturated carbocycles. The van der Waals surface area contributed by atoms with Gasteiger partial charge in [-0.1, -0.05) is 0 Å². The van der Waals surface area contributed by atoms with Gasteiger partial charge in [-0.05, 0) is 6.42 Å². The van der Waals surface area contributed by atoms with E-state index in [9.17, 15) is 4.79 Å². The monoisotopic (exact) mass is 140 g/mol. The van der Waals surface area contributed by atoms with Gasteiger partial charge >= 0.3 is 5.97 Å². The Morgan fingerprint density at radius 1 is 1.80 bits per heavy atom. The SMILES string of the molecule is O=C(O)CCC1=NC=NC1. The predicted octanol–water partition coefficient (Wildman–Crippen LogP) is 0.334. The lowest BCUT2D eigenvalue weighted by molar-refractivity contribution is -0.136. The lowest BCUT2D eigenvalue weighted by Crippen LogP contribution is -2.03. The third-order valence-corrected chi connectivity index (χ3v) is 1.22. The lowest BCUT2D eigenvalue weighted by atomic mass is 10.2. The molecule has 0 aliphatic carbocycles. The van der Waals surface area contributed by atoms with Crippen molar-refractivity contribution in [1.29, 1.82) is 0 Å². The maximum Gasteiger partial charge on any atom is 0.303 e. The minimum Gasteiger partial charge on any atom is -0.481 e. The number of hydrogen-bond acceptors (Lipinski definition) is 3. The highest BCUT2D eigenvalue weighted by Crippen LogP contribution is 1.97. The molecule has 4 nitrogen and oxygen atoms in total. The van der Waals surface area contributed by atoms with Crippen LogP contribution in [0.3, 0.4) is 0 Å². The summed E-state index contributed by atoms with van der Waals surface area (Å²) in [5, 5.41) is 8.28. The molecule has 0 bridgehead atoms. The Morgan fingerprint density at radius 2 is 2.60 bits per heavy atom. The van der Waals surface area contributed by atoms with E-state index in [-0.39, 0.29) is 6.42 Å². The quantitative estimate of drug-likeness (QED) is 0.614. The van der Waals surface area contributed by atoms with Crippen molar-refractivity contribution in [3.63, 3.8) is 0 Å². The van der Waals surface area contributed by atoms with Gasteiger partial charge in [0.15, 0.2) is 0 Å². The fourth-order valence-electron chi connectivity index (χ4n) is 0.704. The van der Waals surface area contributed by atoms with Gasteiger partial charge in [-0.15, -0.1) is 0 Å². The number of carbonyl (C=O) groups is 1. The van der Waals surface area contributed by atoms with Crippen LogP contribution in [0.15, 0.2) is 9.98 Å². The molecular formula is C6H8N2O2. The van der Waals surface area contributed by atoms with Gasteiger partial charge in [0.2, 0.25) is 0 Å². The first-order chi connectivity index (χ1) is 4.79. The van der Waals surface area contributed by atoms with Gasteiger partial charge < -0.3 is 5.11 Å². The first-order valence-corrected chi connectivity index (χ1v) is 3.04. The number of carboxylic acids is 1. The van der Waals surface area contributed by atoms with Crippen molar-refractivity contribution in [2.45, 2.75) is 12.8 Å². The van der Waals surface area contributed by atoms with Crippen LogP contribution in [0.1, 0.15) is 12.8 Å². The van der Waals surface area contributed by atoms with Crippen molar-refractivity contribution in [2.75, 3.05) is 6.54 Å². The number of aliphatic imine (C=N–C) groups is 2. The van der Waals surface area contributed by atoms with Gasteiger partial charge in [0.25, 0.3) is 0 Å². The maximum absolute atomic E-state index is 10.1. The van der Waals surface area contributed by atoms with Crippen molar-refractivity contribution < 1.29 is 9.90 Å². The molecule has 0 radical (unpaired) electrons. The van der Waals surface area contributed by atoms with Crippen LogP contribution in [0.4, 0.5) is 0 Å². The number of nitrogens with zero attached hydrogens (tertiary/aromatic N) is 2. The summed E-state index contributed by atoms with van der Waals surface area (Å²) in [5.41, 5.74) is 0.863. The third-order valence-electron chi connectivity index (χ3n) is 1.22. The molecule has 1 rings (SSSR count). The smallest absolute Gasteiger partial charge is 0.303 e. The summed E-state index contributed by atoms with van der Waals surface area (Å²) in [6.45, 7) is 0.577. The van der Waals surface area contributed by atoms with Crippen molar-refractivity contribution in [3.05, 3.63) is 0 Å². The maximum atomic E-state index is 10.1. The molecule has 1 aliphatic heterocycles. The molecule has 1 N–H and O–H groups in total. The van der Waals surface area contributed by atoms with Gasteiger partial charge in [-0.3, -0.25) is 9.79 Å². The van der Waals surface area contributed by atoms with Gasteiger partial charge in [0, 0.05) is 5.71 Å². The molecule has 10 heavy (non-hydrogen) atoms. The van der Waals surface area contributed by atoms with E-state index < -0.39 is 5.97 Å². The van der Waals surface area contributed by atoms with Crippen molar-refractivity contribution in [2.24, 2.45) is 9.98 Å². The number of aliphatic carboxylic acids is 1. The molecule has 0 aromatic heterocycles. The van der Waals surface area contributed by atoms with Gasteiger partial charge in [-0.2, -0.15) is 0 Å². The van der Waals surface area contributed by atoms with E-state index in [1.54, 1.807) is 0 Å². The van der Waals surface area contributed by atoms with Crippen LogP contribution in [-0.4, -0.2) is 29.7 Å². The van der Waals surface area contributed by atoms with E-state index in [2.05, 4.69) is 9.98 Å². The van der Waals surface area contributed by atoms with E-state index in [4.69, 9.17) is 5.11 Å². The normalized spacial score (nSPS) is 15.4. The van der Waals surface area contributed by atoms with Crippen molar-refractivity contribution >= 4 is 18.0 Å². The summed E-state index contributed by atoms with van der Waals surface area (Å²) in [4.78, 5) is 17.8. The first kappa shape index (κ1) is 6.92. The zero-order valence-electron chi connectivity index (χ0n) is 5.45.